The van der Waals surface area contributed by atoms with Gasteiger partial charge in [0.15, 0.2) is 6.10 Å². The van der Waals surface area contributed by atoms with Crippen molar-refractivity contribution in [2.24, 2.45) is 0 Å². The number of carbonyl (C=O) groups is 3. The van der Waals surface area contributed by atoms with Gasteiger partial charge in [0.1, 0.15) is 25.4 Å². The van der Waals surface area contributed by atoms with Crippen LogP contribution in [0.15, 0.2) is 158 Å². The van der Waals surface area contributed by atoms with E-state index in [2.05, 4.69) is 179 Å². The molecule has 18 heteroatoms. The highest BCUT2D eigenvalue weighted by atomic mass is 31.2. The monoisotopic (exact) mass is 1510 g/mol. The Labute approximate surface area is 638 Å². The van der Waals surface area contributed by atoms with Crippen LogP contribution in [0.5, 0.6) is 0 Å². The molecule has 0 saturated carbocycles. The Morgan fingerprint density at radius 3 is 0.800 bits per heavy atom. The Bertz CT molecular complexity index is 2540. The van der Waals surface area contributed by atoms with E-state index in [4.69, 9.17) is 32.3 Å². The van der Waals surface area contributed by atoms with E-state index in [0.29, 0.717) is 19.3 Å². The molecule has 0 aliphatic rings. The van der Waals surface area contributed by atoms with Crippen LogP contribution in [-0.4, -0.2) is 95.9 Å². The van der Waals surface area contributed by atoms with Gasteiger partial charge >= 0.3 is 33.6 Å². The first kappa shape index (κ1) is 100. The van der Waals surface area contributed by atoms with Crippen LogP contribution in [0.3, 0.4) is 0 Å². The van der Waals surface area contributed by atoms with Crippen LogP contribution in [0.1, 0.15) is 316 Å². The molecular weight excluding hydrogens is 1360 g/mol. The summed E-state index contributed by atoms with van der Waals surface area (Å²) in [7, 11) is -9.82. The molecule has 600 valence electrons. The Morgan fingerprint density at radius 2 is 0.505 bits per heavy atom. The zero-order valence-corrected chi connectivity index (χ0v) is 67.4. The van der Waals surface area contributed by atoms with Gasteiger partial charge in [-0.25, -0.2) is 9.13 Å². The van der Waals surface area contributed by atoms with Crippen molar-refractivity contribution in [3.63, 3.8) is 0 Å². The highest BCUT2D eigenvalue weighted by molar-refractivity contribution is 7.47. The second kappa shape index (κ2) is 78.7. The number of esters is 3. The molecule has 105 heavy (non-hydrogen) atoms. The molecule has 5 unspecified atom stereocenters. The number of allylic oxidation sites excluding steroid dienone is 26. The fourth-order valence-electron chi connectivity index (χ4n) is 10.5. The third-order valence-corrected chi connectivity index (χ3v) is 18.6. The smallest absolute Gasteiger partial charge is 0.463 e. The Hall–Kier alpha value is -4.83. The van der Waals surface area contributed by atoms with E-state index in [9.17, 15) is 43.5 Å². The molecule has 0 aromatic heterocycles. The van der Waals surface area contributed by atoms with Crippen molar-refractivity contribution in [2.75, 3.05) is 39.6 Å². The fourth-order valence-corrected chi connectivity index (χ4v) is 12.1. The first-order valence-electron chi connectivity index (χ1n) is 40.8. The highest BCUT2D eigenvalue weighted by Gasteiger charge is 2.29. The van der Waals surface area contributed by atoms with Crippen LogP contribution in [0.25, 0.3) is 0 Å². The molecule has 0 rings (SSSR count). The molecule has 0 spiro atoms. The predicted octanol–water partition coefficient (Wildman–Crippen LogP) is 24.2. The summed E-state index contributed by atoms with van der Waals surface area (Å²) in [6.45, 7) is 2.47. The normalized spacial score (nSPS) is 14.8. The summed E-state index contributed by atoms with van der Waals surface area (Å²) < 4.78 is 61.2. The van der Waals surface area contributed by atoms with Crippen molar-refractivity contribution in [3.05, 3.63) is 158 Å². The second-order valence-corrected chi connectivity index (χ2v) is 29.7. The van der Waals surface area contributed by atoms with E-state index in [1.54, 1.807) is 0 Å². The minimum atomic E-state index is -4.95. The lowest BCUT2D eigenvalue weighted by molar-refractivity contribution is -0.161. The number of aliphatic hydroxyl groups excluding tert-OH is 2. The number of hydrogen-bond acceptors (Lipinski definition) is 14. The van der Waals surface area contributed by atoms with Gasteiger partial charge in [0.2, 0.25) is 0 Å². The summed E-state index contributed by atoms with van der Waals surface area (Å²) in [6.07, 6.45) is 98.4. The van der Waals surface area contributed by atoms with Crippen molar-refractivity contribution in [3.8, 4) is 0 Å². The number of phosphoric ester groups is 2. The van der Waals surface area contributed by atoms with Gasteiger partial charge in [0.25, 0.3) is 0 Å². The molecule has 5 atom stereocenters. The quantitative estimate of drug-likeness (QED) is 0.0146. The molecule has 4 N–H and O–H groups in total. The Morgan fingerprint density at radius 1 is 0.276 bits per heavy atom. The average Bonchev–Trinajstić information content (AvgIpc) is 0.914. The van der Waals surface area contributed by atoms with E-state index in [1.165, 1.54) is 89.9 Å². The molecule has 0 amide bonds. The molecule has 0 aliphatic carbocycles. The zero-order chi connectivity index (χ0) is 76.6. The van der Waals surface area contributed by atoms with Gasteiger partial charge in [-0.05, 0) is 154 Å². The van der Waals surface area contributed by atoms with Crippen LogP contribution in [0, 0.1) is 0 Å². The second-order valence-electron chi connectivity index (χ2n) is 26.8. The summed E-state index contributed by atoms with van der Waals surface area (Å²) in [5, 5.41) is 20.7. The van der Waals surface area contributed by atoms with Crippen LogP contribution >= 0.6 is 15.6 Å². The van der Waals surface area contributed by atoms with E-state index in [-0.39, 0.29) is 19.3 Å². The molecule has 0 aliphatic heterocycles. The molecule has 0 radical (unpaired) electrons. The Balaban J connectivity index is 4.68. The van der Waals surface area contributed by atoms with Crippen molar-refractivity contribution in [2.45, 2.75) is 334 Å². The minimum Gasteiger partial charge on any atom is -0.463 e. The van der Waals surface area contributed by atoms with Gasteiger partial charge in [0, 0.05) is 19.3 Å². The zero-order valence-electron chi connectivity index (χ0n) is 65.6. The Kier molecular flexibility index (Phi) is 75.1. The number of ether oxygens (including phenoxy) is 3. The minimum absolute atomic E-state index is 0.0734. The number of rotatable bonds is 76. The number of unbranched alkanes of at least 4 members (excludes halogenated alkanes) is 27. The fraction of sp³-hybridized carbons (Fsp3) is 0.667. The molecule has 0 aromatic rings. The highest BCUT2D eigenvalue weighted by Crippen LogP contribution is 2.45. The molecule has 0 bridgehead atoms. The third-order valence-electron chi connectivity index (χ3n) is 16.7. The SMILES string of the molecule is CC/C=C\C/C=C\C/C=C\C/C=C\C/C=C\CCCCCCCC(=O)OCC(COP(=O)(O)OCC(O)COP(=O)(O)OCC(O)COC(=O)CCCCCCCCCCCCC/C=C\C/C=C\C/C=C\C/C=C\CCCCC)OC(=O)CCCCCCC/C=C\C/C=C\C/C=C\C/C=C\CCCCC. The molecule has 0 fully saturated rings. The molecule has 0 saturated heterocycles. The predicted molar refractivity (Wildman–Crippen MR) is 435 cm³/mol. The molecule has 16 nitrogen and oxygen atoms in total. The number of carbonyl (C=O) groups excluding carboxylic acids is 3. The average molecular weight is 1510 g/mol. The first-order valence-corrected chi connectivity index (χ1v) is 43.8. The maximum atomic E-state index is 13.0. The number of aliphatic hydroxyl groups is 2. The van der Waals surface area contributed by atoms with Crippen LogP contribution < -0.4 is 0 Å². The van der Waals surface area contributed by atoms with Gasteiger partial charge in [-0.1, -0.05) is 301 Å². The molecular formula is C87H146O16P2. The van der Waals surface area contributed by atoms with Crippen LogP contribution in [-0.2, 0) is 55.8 Å². The number of phosphoric acid groups is 2. The van der Waals surface area contributed by atoms with E-state index in [1.807, 2.05) is 0 Å². The van der Waals surface area contributed by atoms with Crippen molar-refractivity contribution >= 4 is 33.6 Å². The summed E-state index contributed by atoms with van der Waals surface area (Å²) in [4.78, 5) is 58.8. The summed E-state index contributed by atoms with van der Waals surface area (Å²) in [6, 6.07) is 0. The molecule has 0 aromatic carbocycles. The third kappa shape index (κ3) is 80.0. The van der Waals surface area contributed by atoms with Gasteiger partial charge in [-0.15, -0.1) is 0 Å². The van der Waals surface area contributed by atoms with Gasteiger partial charge < -0.3 is 34.2 Å². The summed E-state index contributed by atoms with van der Waals surface area (Å²) in [5.74, 6) is -1.62. The maximum Gasteiger partial charge on any atom is 0.472 e. The molecule has 0 heterocycles. The van der Waals surface area contributed by atoms with Crippen LogP contribution in [0.4, 0.5) is 0 Å². The lowest BCUT2D eigenvalue weighted by Gasteiger charge is -2.21. The van der Waals surface area contributed by atoms with Crippen molar-refractivity contribution < 1.29 is 75.8 Å². The van der Waals surface area contributed by atoms with E-state index in [0.717, 1.165) is 167 Å². The largest absolute Gasteiger partial charge is 0.472 e. The van der Waals surface area contributed by atoms with Crippen LogP contribution in [0.2, 0.25) is 0 Å². The van der Waals surface area contributed by atoms with Gasteiger partial charge in [-0.2, -0.15) is 0 Å². The lowest BCUT2D eigenvalue weighted by Crippen LogP contribution is -2.30. The van der Waals surface area contributed by atoms with E-state index < -0.39 is 91.5 Å². The van der Waals surface area contributed by atoms with Crippen molar-refractivity contribution in [1.29, 1.82) is 0 Å². The van der Waals surface area contributed by atoms with E-state index >= 15 is 0 Å². The summed E-state index contributed by atoms with van der Waals surface area (Å²) in [5.41, 5.74) is 0. The van der Waals surface area contributed by atoms with Gasteiger partial charge in [0.05, 0.1) is 26.4 Å². The number of hydrogen-bond donors (Lipinski definition) is 4. The van der Waals surface area contributed by atoms with Crippen molar-refractivity contribution in [1.82, 2.24) is 0 Å². The van der Waals surface area contributed by atoms with Gasteiger partial charge in [-0.3, -0.25) is 32.5 Å². The maximum absolute atomic E-state index is 13.0. The standard InChI is InChI=1S/C87H146O16P2/c1-4-7-10-13-16-19-22-25-28-31-34-37-38-39-40-41-42-45-47-49-52-55-58-61-64-67-70-73-85(90)97-76-82(88)77-99-104(93,94)100-78-83(89)79-101-105(95,96)102-81-84(103-87(92)75-72-69-66-63-60-57-54-51-48-44-36-33-30-27-24-21-18-15-12-9-6-3)80-98-86(91)74-71-68-65-62-59-56-53-50-46-43-35-32-29-26-23-20-17-14-11-8-5-2/h8,11,16-21,25-30,34-37,39-40,43-44,50-51,53-54,82-84,88-89H,4-7,9-10,12-15,22-24,31-33,38,41-42,45-49,52,55-81H2,1-3H3,(H,93,94)(H,95,96)/b11-8-,19-16-,20-17-,21-18-,28-25-,29-26-,30-27-,37-34-,40-39-,43-35-,44-36-,53-50-,54-51-. The topological polar surface area (TPSA) is 231 Å². The first-order chi connectivity index (χ1) is 51.2. The summed E-state index contributed by atoms with van der Waals surface area (Å²) >= 11 is 0. The lowest BCUT2D eigenvalue weighted by atomic mass is 10.0.